The van der Waals surface area contributed by atoms with Crippen LogP contribution in [0.5, 0.6) is 0 Å². The third kappa shape index (κ3) is 3.28. The highest BCUT2D eigenvalue weighted by molar-refractivity contribution is 7.89. The van der Waals surface area contributed by atoms with Gasteiger partial charge in [0, 0.05) is 25.3 Å². The Morgan fingerprint density at radius 2 is 2.22 bits per heavy atom. The van der Waals surface area contributed by atoms with Crippen LogP contribution < -0.4 is 9.62 Å². The van der Waals surface area contributed by atoms with Gasteiger partial charge in [-0.3, -0.25) is 0 Å². The molecule has 0 bridgehead atoms. The van der Waals surface area contributed by atoms with E-state index in [1.54, 1.807) is 0 Å². The maximum Gasteiger partial charge on any atom is 0.212 e. The SMILES string of the molecule is CN(c1ncnc2[nH]ccc12)C1CC(NS(=O)(=O)C[C@]2(C)CCC2C#N)C1. The summed E-state index contributed by atoms with van der Waals surface area (Å²) in [6.45, 7) is 1.90. The summed E-state index contributed by atoms with van der Waals surface area (Å²) in [5, 5.41) is 10.1. The molecule has 1 unspecified atom stereocenters. The number of nitriles is 1. The van der Waals surface area contributed by atoms with Crippen molar-refractivity contribution in [2.75, 3.05) is 17.7 Å². The van der Waals surface area contributed by atoms with E-state index in [-0.39, 0.29) is 23.8 Å². The first-order valence-corrected chi connectivity index (χ1v) is 10.9. The third-order valence-corrected chi connectivity index (χ3v) is 7.93. The number of anilines is 1. The number of nitrogens with zero attached hydrogens (tertiary/aromatic N) is 4. The molecule has 2 aliphatic carbocycles. The number of hydrogen-bond acceptors (Lipinski definition) is 6. The molecule has 2 fully saturated rings. The fourth-order valence-corrected chi connectivity index (χ4v) is 6.21. The number of H-pyrrole nitrogens is 1. The Bertz CT molecular complexity index is 991. The summed E-state index contributed by atoms with van der Waals surface area (Å²) >= 11 is 0. The minimum atomic E-state index is -3.39. The Morgan fingerprint density at radius 3 is 2.89 bits per heavy atom. The normalized spacial score (nSPS) is 30.3. The van der Waals surface area contributed by atoms with E-state index in [0.717, 1.165) is 42.5 Å². The molecule has 0 radical (unpaired) electrons. The van der Waals surface area contributed by atoms with Crippen LogP contribution >= 0.6 is 0 Å². The van der Waals surface area contributed by atoms with Crippen molar-refractivity contribution < 1.29 is 8.42 Å². The molecular formula is C18H24N6O2S. The second-order valence-electron chi connectivity index (χ2n) is 8.12. The summed E-state index contributed by atoms with van der Waals surface area (Å²) in [7, 11) is -1.41. The van der Waals surface area contributed by atoms with Crippen molar-refractivity contribution in [3.63, 3.8) is 0 Å². The molecule has 4 rings (SSSR count). The Labute approximate surface area is 159 Å². The molecule has 2 N–H and O–H groups in total. The molecule has 2 atom stereocenters. The molecule has 0 amide bonds. The maximum atomic E-state index is 12.5. The lowest BCUT2D eigenvalue weighted by atomic mass is 9.63. The van der Waals surface area contributed by atoms with E-state index in [9.17, 15) is 8.42 Å². The van der Waals surface area contributed by atoms with Crippen molar-refractivity contribution in [1.82, 2.24) is 19.7 Å². The zero-order valence-electron chi connectivity index (χ0n) is 15.5. The van der Waals surface area contributed by atoms with Gasteiger partial charge in [0.05, 0.1) is 23.1 Å². The lowest BCUT2D eigenvalue weighted by Gasteiger charge is -2.45. The predicted octanol–water partition coefficient (Wildman–Crippen LogP) is 1.78. The Balaban J connectivity index is 1.35. The van der Waals surface area contributed by atoms with Gasteiger partial charge in [0.25, 0.3) is 0 Å². The van der Waals surface area contributed by atoms with Crippen LogP contribution in [-0.4, -0.2) is 48.3 Å². The van der Waals surface area contributed by atoms with E-state index in [1.165, 1.54) is 6.33 Å². The first-order chi connectivity index (χ1) is 12.8. The lowest BCUT2D eigenvalue weighted by molar-refractivity contribution is 0.123. The van der Waals surface area contributed by atoms with Crippen molar-refractivity contribution in [3.05, 3.63) is 18.6 Å². The van der Waals surface area contributed by atoms with Crippen molar-refractivity contribution in [1.29, 1.82) is 5.26 Å². The monoisotopic (exact) mass is 388 g/mol. The first-order valence-electron chi connectivity index (χ1n) is 9.22. The van der Waals surface area contributed by atoms with Gasteiger partial charge in [0.15, 0.2) is 0 Å². The molecule has 0 aromatic carbocycles. The van der Waals surface area contributed by atoms with Gasteiger partial charge in [-0.1, -0.05) is 6.92 Å². The van der Waals surface area contributed by atoms with E-state index < -0.39 is 15.4 Å². The van der Waals surface area contributed by atoms with Gasteiger partial charge in [0.2, 0.25) is 10.0 Å². The molecule has 2 aromatic rings. The molecule has 2 aromatic heterocycles. The van der Waals surface area contributed by atoms with Crippen LogP contribution in [-0.2, 0) is 10.0 Å². The molecule has 0 aliphatic heterocycles. The van der Waals surface area contributed by atoms with Crippen molar-refractivity contribution >= 4 is 26.9 Å². The fraction of sp³-hybridized carbons (Fsp3) is 0.611. The van der Waals surface area contributed by atoms with Gasteiger partial charge >= 0.3 is 0 Å². The minimum absolute atomic E-state index is 0.0329. The number of aromatic amines is 1. The van der Waals surface area contributed by atoms with Crippen LogP contribution in [0.25, 0.3) is 11.0 Å². The Hall–Kier alpha value is -2.18. The van der Waals surface area contributed by atoms with E-state index in [4.69, 9.17) is 5.26 Å². The zero-order chi connectivity index (χ0) is 19.2. The Morgan fingerprint density at radius 1 is 1.44 bits per heavy atom. The third-order valence-electron chi connectivity index (χ3n) is 6.20. The van der Waals surface area contributed by atoms with Crippen LogP contribution in [0, 0.1) is 22.7 Å². The van der Waals surface area contributed by atoms with E-state index in [1.807, 2.05) is 26.2 Å². The van der Waals surface area contributed by atoms with Crippen LogP contribution in [0.2, 0.25) is 0 Å². The molecular weight excluding hydrogens is 364 g/mol. The average Bonchev–Trinajstić information content (AvgIpc) is 3.05. The van der Waals surface area contributed by atoms with Gasteiger partial charge in [-0.25, -0.2) is 23.1 Å². The first kappa shape index (κ1) is 18.2. The smallest absolute Gasteiger partial charge is 0.212 e. The standard InChI is InChI=1S/C18H24N6O2S/c1-18(5-3-12(18)9-19)10-27(25,26)23-13-7-14(8-13)24(2)17-15-4-6-20-16(15)21-11-22-17/h4,6,11-14,23H,3,5,7-8,10H2,1-2H3,(H,20,21,22)/t12?,13?,14?,18-/m0/s1. The lowest BCUT2D eigenvalue weighted by Crippen LogP contribution is -2.55. The summed E-state index contributed by atoms with van der Waals surface area (Å²) < 4.78 is 27.9. The number of sulfonamides is 1. The van der Waals surface area contributed by atoms with Crippen LogP contribution in [0.1, 0.15) is 32.6 Å². The van der Waals surface area contributed by atoms with Crippen molar-refractivity contribution in [2.24, 2.45) is 11.3 Å². The van der Waals surface area contributed by atoms with Crippen LogP contribution in [0.3, 0.4) is 0 Å². The highest BCUT2D eigenvalue weighted by atomic mass is 32.2. The number of hydrogen-bond donors (Lipinski definition) is 2. The number of fused-ring (bicyclic) bond motifs is 1. The maximum absolute atomic E-state index is 12.5. The molecule has 144 valence electrons. The summed E-state index contributed by atoms with van der Waals surface area (Å²) in [6, 6.07) is 4.36. The van der Waals surface area contributed by atoms with Gasteiger partial charge in [-0.05, 0) is 37.2 Å². The molecule has 27 heavy (non-hydrogen) atoms. The Kier molecular flexibility index (Phi) is 4.35. The second kappa shape index (κ2) is 6.46. The highest BCUT2D eigenvalue weighted by Gasteiger charge is 2.47. The molecule has 2 heterocycles. The van der Waals surface area contributed by atoms with Crippen molar-refractivity contribution in [2.45, 2.75) is 44.7 Å². The van der Waals surface area contributed by atoms with E-state index >= 15 is 0 Å². The summed E-state index contributed by atoms with van der Waals surface area (Å²) in [4.78, 5) is 13.8. The second-order valence-corrected chi connectivity index (χ2v) is 9.88. The van der Waals surface area contributed by atoms with Gasteiger partial charge < -0.3 is 9.88 Å². The van der Waals surface area contributed by atoms with Crippen LogP contribution in [0.4, 0.5) is 5.82 Å². The quantitative estimate of drug-likeness (QED) is 0.779. The predicted molar refractivity (Wildman–Crippen MR) is 102 cm³/mol. The number of nitrogens with one attached hydrogen (secondary N) is 2. The fourth-order valence-electron chi connectivity index (χ4n) is 4.22. The summed E-state index contributed by atoms with van der Waals surface area (Å²) in [5.41, 5.74) is 0.380. The molecule has 2 saturated carbocycles. The van der Waals surface area contributed by atoms with Gasteiger partial charge in [-0.15, -0.1) is 0 Å². The minimum Gasteiger partial charge on any atom is -0.356 e. The molecule has 0 saturated heterocycles. The van der Waals surface area contributed by atoms with Gasteiger partial charge in [-0.2, -0.15) is 5.26 Å². The summed E-state index contributed by atoms with van der Waals surface area (Å²) in [5.74, 6) is 0.729. The van der Waals surface area contributed by atoms with Gasteiger partial charge in [0.1, 0.15) is 17.8 Å². The van der Waals surface area contributed by atoms with E-state index in [0.29, 0.717) is 0 Å². The van der Waals surface area contributed by atoms with E-state index in [2.05, 4.69) is 30.6 Å². The van der Waals surface area contributed by atoms with Crippen LogP contribution in [0.15, 0.2) is 18.6 Å². The highest BCUT2D eigenvalue weighted by Crippen LogP contribution is 2.47. The van der Waals surface area contributed by atoms with Crippen molar-refractivity contribution in [3.8, 4) is 6.07 Å². The zero-order valence-corrected chi connectivity index (χ0v) is 16.3. The molecule has 0 spiro atoms. The average molecular weight is 388 g/mol. The molecule has 2 aliphatic rings. The topological polar surface area (TPSA) is 115 Å². The number of rotatable bonds is 6. The number of aromatic nitrogens is 3. The largest absolute Gasteiger partial charge is 0.356 e. The summed E-state index contributed by atoms with van der Waals surface area (Å²) in [6.07, 6.45) is 6.44. The molecule has 9 heteroatoms. The molecule has 8 nitrogen and oxygen atoms in total.